The minimum Gasteiger partial charge on any atom is -0.485 e. The highest BCUT2D eigenvalue weighted by atomic mass is 16.5. The van der Waals surface area contributed by atoms with Gasteiger partial charge < -0.3 is 10.5 Å². The first-order valence-electron chi connectivity index (χ1n) is 6.37. The third kappa shape index (κ3) is 2.45. The van der Waals surface area contributed by atoms with Crippen molar-refractivity contribution < 1.29 is 4.74 Å². The van der Waals surface area contributed by atoms with E-state index >= 15 is 0 Å². The van der Waals surface area contributed by atoms with Crippen LogP contribution in [0.15, 0.2) is 53.5 Å². The summed E-state index contributed by atoms with van der Waals surface area (Å²) >= 11 is 0. The summed E-state index contributed by atoms with van der Waals surface area (Å²) in [6, 6.07) is 16.2. The van der Waals surface area contributed by atoms with Crippen molar-refractivity contribution in [2.75, 3.05) is 0 Å². The number of nitrogens with zero attached hydrogens (tertiary/aromatic N) is 1. The maximum atomic E-state index is 5.97. The lowest BCUT2D eigenvalue weighted by atomic mass is 10.0. The number of hydrogen-bond donors (Lipinski definition) is 1. The second-order valence-electron chi connectivity index (χ2n) is 4.77. The Balaban J connectivity index is 1.87. The Labute approximate surface area is 112 Å². The molecule has 3 nitrogen and oxygen atoms in total. The van der Waals surface area contributed by atoms with Gasteiger partial charge in [-0.05, 0) is 30.7 Å². The first-order chi connectivity index (χ1) is 9.22. The van der Waals surface area contributed by atoms with Crippen LogP contribution in [0.5, 0.6) is 5.75 Å². The van der Waals surface area contributed by atoms with Crippen LogP contribution in [-0.4, -0.2) is 5.84 Å². The van der Waals surface area contributed by atoms with Crippen molar-refractivity contribution in [3.63, 3.8) is 0 Å². The van der Waals surface area contributed by atoms with Crippen molar-refractivity contribution in [2.45, 2.75) is 19.4 Å². The van der Waals surface area contributed by atoms with E-state index in [4.69, 9.17) is 10.5 Å². The topological polar surface area (TPSA) is 47.6 Å². The molecule has 0 fully saturated rings. The highest BCUT2D eigenvalue weighted by Crippen LogP contribution is 2.38. The molecule has 19 heavy (non-hydrogen) atoms. The van der Waals surface area contributed by atoms with E-state index < -0.39 is 0 Å². The first-order valence-corrected chi connectivity index (χ1v) is 6.37. The number of benzene rings is 2. The number of aliphatic imine (C=N–C) groups is 1. The van der Waals surface area contributed by atoms with Gasteiger partial charge in [-0.25, -0.2) is 4.99 Å². The quantitative estimate of drug-likeness (QED) is 0.658. The first kappa shape index (κ1) is 11.8. The monoisotopic (exact) mass is 252 g/mol. The lowest BCUT2D eigenvalue weighted by molar-refractivity contribution is 0.238. The fourth-order valence-corrected chi connectivity index (χ4v) is 2.36. The second kappa shape index (κ2) is 4.76. The van der Waals surface area contributed by atoms with Crippen LogP contribution in [0, 0.1) is 0 Å². The van der Waals surface area contributed by atoms with E-state index in [1.54, 1.807) is 6.92 Å². The van der Waals surface area contributed by atoms with E-state index in [0.29, 0.717) is 5.84 Å². The average Bonchev–Trinajstić information content (AvgIpc) is 2.82. The van der Waals surface area contributed by atoms with Crippen LogP contribution in [0.1, 0.15) is 24.2 Å². The highest BCUT2D eigenvalue weighted by molar-refractivity contribution is 5.80. The van der Waals surface area contributed by atoms with E-state index in [9.17, 15) is 0 Å². The predicted octanol–water partition coefficient (Wildman–Crippen LogP) is 3.37. The number of amidine groups is 1. The van der Waals surface area contributed by atoms with Crippen LogP contribution in [-0.2, 0) is 6.42 Å². The van der Waals surface area contributed by atoms with Gasteiger partial charge in [0, 0.05) is 12.0 Å². The largest absolute Gasteiger partial charge is 0.485 e. The molecular weight excluding hydrogens is 236 g/mol. The molecule has 2 aromatic rings. The molecule has 1 aliphatic heterocycles. The fourth-order valence-electron chi connectivity index (χ4n) is 2.36. The number of fused-ring (bicyclic) bond motifs is 1. The van der Waals surface area contributed by atoms with Crippen LogP contribution in [0.2, 0.25) is 0 Å². The van der Waals surface area contributed by atoms with E-state index in [1.165, 1.54) is 11.1 Å². The molecule has 0 amide bonds. The molecule has 2 aromatic carbocycles. The molecule has 1 atom stereocenters. The zero-order valence-electron chi connectivity index (χ0n) is 10.8. The second-order valence-corrected chi connectivity index (χ2v) is 4.77. The molecule has 3 heteroatoms. The summed E-state index contributed by atoms with van der Waals surface area (Å²) in [4.78, 5) is 4.27. The van der Waals surface area contributed by atoms with Crippen LogP contribution >= 0.6 is 0 Å². The van der Waals surface area contributed by atoms with Crippen molar-refractivity contribution in [1.29, 1.82) is 0 Å². The van der Waals surface area contributed by atoms with Crippen molar-refractivity contribution in [3.8, 4) is 5.75 Å². The Hall–Kier alpha value is -2.29. The zero-order chi connectivity index (χ0) is 13.2. The molecule has 0 saturated carbocycles. The molecule has 0 saturated heterocycles. The lowest BCUT2D eigenvalue weighted by Gasteiger charge is -2.10. The number of hydrogen-bond acceptors (Lipinski definition) is 2. The van der Waals surface area contributed by atoms with Gasteiger partial charge in [0.25, 0.3) is 0 Å². The summed E-state index contributed by atoms with van der Waals surface area (Å²) < 4.78 is 5.97. The highest BCUT2D eigenvalue weighted by Gasteiger charge is 2.24. The Morgan fingerprint density at radius 2 is 2.00 bits per heavy atom. The number of nitrogens with two attached hydrogens (primary N) is 1. The van der Waals surface area contributed by atoms with Gasteiger partial charge in [-0.15, -0.1) is 0 Å². The van der Waals surface area contributed by atoms with Crippen LogP contribution in [0.4, 0.5) is 5.69 Å². The van der Waals surface area contributed by atoms with Gasteiger partial charge in [0.05, 0.1) is 11.5 Å². The van der Waals surface area contributed by atoms with E-state index in [-0.39, 0.29) is 6.10 Å². The lowest BCUT2D eigenvalue weighted by Crippen LogP contribution is -2.03. The van der Waals surface area contributed by atoms with Crippen molar-refractivity contribution in [3.05, 3.63) is 59.7 Å². The Morgan fingerprint density at radius 1 is 1.21 bits per heavy atom. The fraction of sp³-hybridized carbons (Fsp3) is 0.188. The summed E-state index contributed by atoms with van der Waals surface area (Å²) in [6.45, 7) is 1.79. The van der Waals surface area contributed by atoms with Crippen LogP contribution in [0.3, 0.4) is 0 Å². The molecular formula is C16H16N2O. The summed E-state index contributed by atoms with van der Waals surface area (Å²) in [5.41, 5.74) is 8.89. The van der Waals surface area contributed by atoms with Gasteiger partial charge in [-0.2, -0.15) is 0 Å². The van der Waals surface area contributed by atoms with Gasteiger partial charge in [0.2, 0.25) is 0 Å². The summed E-state index contributed by atoms with van der Waals surface area (Å²) in [7, 11) is 0. The number of ether oxygens (including phenoxy) is 1. The van der Waals surface area contributed by atoms with E-state index in [1.807, 2.05) is 30.3 Å². The van der Waals surface area contributed by atoms with Crippen molar-refractivity contribution in [1.82, 2.24) is 0 Å². The molecule has 1 aliphatic rings. The summed E-state index contributed by atoms with van der Waals surface area (Å²) in [5.74, 6) is 1.51. The van der Waals surface area contributed by atoms with Crippen LogP contribution in [0.25, 0.3) is 0 Å². The maximum absolute atomic E-state index is 5.97. The van der Waals surface area contributed by atoms with Gasteiger partial charge in [0.15, 0.2) is 0 Å². The van der Waals surface area contributed by atoms with Crippen molar-refractivity contribution in [2.24, 2.45) is 10.7 Å². The Bertz CT molecular complexity index is 616. The Morgan fingerprint density at radius 3 is 2.74 bits per heavy atom. The number of rotatable bonds is 2. The molecule has 0 bridgehead atoms. The minimum absolute atomic E-state index is 0.106. The van der Waals surface area contributed by atoms with Crippen molar-refractivity contribution >= 4 is 11.5 Å². The molecule has 1 heterocycles. The predicted molar refractivity (Wildman–Crippen MR) is 76.9 cm³/mol. The third-order valence-electron chi connectivity index (χ3n) is 3.20. The zero-order valence-corrected chi connectivity index (χ0v) is 10.8. The molecule has 3 rings (SSSR count). The van der Waals surface area contributed by atoms with Gasteiger partial charge in [0.1, 0.15) is 11.9 Å². The molecule has 1 unspecified atom stereocenters. The van der Waals surface area contributed by atoms with Gasteiger partial charge in [-0.3, -0.25) is 0 Å². The Kier molecular flexibility index (Phi) is 2.95. The third-order valence-corrected chi connectivity index (χ3v) is 3.20. The minimum atomic E-state index is 0.106. The normalized spacial score (nSPS) is 17.9. The molecule has 0 aromatic heterocycles. The molecule has 0 spiro atoms. The molecule has 96 valence electrons. The SMILES string of the molecule is CC(N)=Nc1ccc2c(c1)CC(c1ccccc1)O2. The van der Waals surface area contributed by atoms with Gasteiger partial charge in [-0.1, -0.05) is 30.3 Å². The van der Waals surface area contributed by atoms with E-state index in [2.05, 4.69) is 23.2 Å². The van der Waals surface area contributed by atoms with Gasteiger partial charge >= 0.3 is 0 Å². The summed E-state index contributed by atoms with van der Waals surface area (Å²) in [6.07, 6.45) is 0.987. The standard InChI is InChI=1S/C16H16N2O/c1-11(17)18-14-7-8-15-13(9-14)10-16(19-15)12-5-3-2-4-6-12/h2-9,16H,10H2,1H3,(H2,17,18). The molecule has 0 radical (unpaired) electrons. The maximum Gasteiger partial charge on any atom is 0.128 e. The summed E-state index contributed by atoms with van der Waals surface area (Å²) in [5, 5.41) is 0. The molecule has 2 N–H and O–H groups in total. The van der Waals surface area contributed by atoms with E-state index in [0.717, 1.165) is 17.9 Å². The molecule has 0 aliphatic carbocycles. The smallest absolute Gasteiger partial charge is 0.128 e. The average molecular weight is 252 g/mol. The van der Waals surface area contributed by atoms with Crippen LogP contribution < -0.4 is 10.5 Å².